The number of alkyl halides is 1. The Kier molecular flexibility index (Phi) is 4.64. The van der Waals surface area contributed by atoms with E-state index in [2.05, 4.69) is 0 Å². The maximum Gasteiger partial charge on any atom is 0.344 e. The molecule has 0 bridgehead atoms. The maximum absolute atomic E-state index is 12.1. The van der Waals surface area contributed by atoms with E-state index < -0.39 is 29.6 Å². The van der Waals surface area contributed by atoms with Crippen LogP contribution in [-0.2, 0) is 24.7 Å². The third-order valence-corrected chi connectivity index (χ3v) is 4.17. The summed E-state index contributed by atoms with van der Waals surface area (Å²) in [6.07, 6.45) is -0.688. The Balaban J connectivity index is 2.47. The van der Waals surface area contributed by atoms with Crippen LogP contribution in [-0.4, -0.2) is 34.2 Å². The van der Waals surface area contributed by atoms with Gasteiger partial charge in [0.05, 0.1) is 6.61 Å². The Bertz CT molecular complexity index is 504. The second-order valence-electron chi connectivity index (χ2n) is 4.46. The Labute approximate surface area is 130 Å². The summed E-state index contributed by atoms with van der Waals surface area (Å²) in [5.74, 6) is -2.47. The first-order valence-corrected chi connectivity index (χ1v) is 7.79. The van der Waals surface area contributed by atoms with Gasteiger partial charge in [-0.05, 0) is 12.5 Å². The van der Waals surface area contributed by atoms with Gasteiger partial charge < -0.3 is 14.6 Å². The average Bonchev–Trinajstić information content (AvgIpc) is 2.73. The highest BCUT2D eigenvalue weighted by molar-refractivity contribution is 14.1. The van der Waals surface area contributed by atoms with Gasteiger partial charge in [0.2, 0.25) is 5.60 Å². The number of carbonyl (C=O) groups is 2. The number of benzene rings is 1. The number of rotatable bonds is 4. The summed E-state index contributed by atoms with van der Waals surface area (Å²) < 4.78 is 10.6. The molecule has 1 fully saturated rings. The largest absolute Gasteiger partial charge is 0.466 e. The van der Waals surface area contributed by atoms with E-state index >= 15 is 0 Å². The molecule has 20 heavy (non-hydrogen) atoms. The van der Waals surface area contributed by atoms with E-state index in [0.717, 1.165) is 0 Å². The van der Waals surface area contributed by atoms with Gasteiger partial charge in [-0.3, -0.25) is 4.79 Å². The van der Waals surface area contributed by atoms with Crippen molar-refractivity contribution in [3.05, 3.63) is 35.9 Å². The smallest absolute Gasteiger partial charge is 0.344 e. The quantitative estimate of drug-likeness (QED) is 0.478. The van der Waals surface area contributed by atoms with Gasteiger partial charge in [0.25, 0.3) is 0 Å². The number of hydrogen-bond acceptors (Lipinski definition) is 5. The summed E-state index contributed by atoms with van der Waals surface area (Å²) in [7, 11) is 0. The van der Waals surface area contributed by atoms with Gasteiger partial charge in [0, 0.05) is 4.43 Å². The predicted octanol–water partition coefficient (Wildman–Crippen LogP) is 1.41. The molecule has 0 unspecified atom stereocenters. The van der Waals surface area contributed by atoms with Crippen molar-refractivity contribution in [3.8, 4) is 0 Å². The number of cyclic esters (lactones) is 1. The van der Waals surface area contributed by atoms with Crippen LogP contribution in [0, 0.1) is 5.92 Å². The van der Waals surface area contributed by atoms with Crippen LogP contribution in [0.15, 0.2) is 30.3 Å². The SMILES string of the molecule is CCOC(=O)[C@H]1[C@H](CI)OC(=O)[C@@]1(O)c1ccccc1. The van der Waals surface area contributed by atoms with Crippen molar-refractivity contribution in [1.82, 2.24) is 0 Å². The highest BCUT2D eigenvalue weighted by Gasteiger charge is 2.61. The molecule has 1 aliphatic rings. The molecule has 1 aromatic rings. The molecule has 1 aliphatic heterocycles. The van der Waals surface area contributed by atoms with Gasteiger partial charge in [-0.25, -0.2) is 4.79 Å². The highest BCUT2D eigenvalue weighted by Crippen LogP contribution is 2.41. The molecule has 0 aliphatic carbocycles. The Hall–Kier alpha value is -1.15. The molecule has 3 atom stereocenters. The molecule has 0 saturated carbocycles. The third kappa shape index (κ3) is 2.42. The molecule has 1 N–H and O–H groups in total. The zero-order chi connectivity index (χ0) is 14.8. The molecule has 0 amide bonds. The van der Waals surface area contributed by atoms with Crippen LogP contribution in [0.2, 0.25) is 0 Å². The zero-order valence-corrected chi connectivity index (χ0v) is 13.1. The summed E-state index contributed by atoms with van der Waals surface area (Å²) in [6.45, 7) is 1.86. The maximum atomic E-state index is 12.1. The van der Waals surface area contributed by atoms with Crippen molar-refractivity contribution in [2.75, 3.05) is 11.0 Å². The van der Waals surface area contributed by atoms with Gasteiger partial charge in [-0.15, -0.1) is 0 Å². The van der Waals surface area contributed by atoms with Gasteiger partial charge >= 0.3 is 11.9 Å². The lowest BCUT2D eigenvalue weighted by Gasteiger charge is -2.25. The summed E-state index contributed by atoms with van der Waals surface area (Å²) in [5.41, 5.74) is -1.64. The summed E-state index contributed by atoms with van der Waals surface area (Å²) >= 11 is 2.02. The molecule has 1 heterocycles. The molecule has 1 saturated heterocycles. The first-order chi connectivity index (χ1) is 9.55. The summed E-state index contributed by atoms with van der Waals surface area (Å²) in [5, 5.41) is 10.8. The van der Waals surface area contributed by atoms with Crippen LogP contribution in [0.25, 0.3) is 0 Å². The molecular weight excluding hydrogens is 375 g/mol. The monoisotopic (exact) mass is 390 g/mol. The second-order valence-corrected chi connectivity index (χ2v) is 5.34. The first-order valence-electron chi connectivity index (χ1n) is 6.27. The molecule has 2 rings (SSSR count). The first kappa shape index (κ1) is 15.2. The van der Waals surface area contributed by atoms with Crippen LogP contribution in [0.3, 0.4) is 0 Å². The number of esters is 2. The van der Waals surface area contributed by atoms with Crippen LogP contribution in [0.1, 0.15) is 12.5 Å². The molecule has 0 radical (unpaired) electrons. The van der Waals surface area contributed by atoms with Gasteiger partial charge in [-0.1, -0.05) is 52.9 Å². The van der Waals surface area contributed by atoms with Crippen LogP contribution < -0.4 is 0 Å². The second kappa shape index (κ2) is 6.09. The third-order valence-electron chi connectivity index (χ3n) is 3.30. The van der Waals surface area contributed by atoms with Crippen molar-refractivity contribution in [2.24, 2.45) is 5.92 Å². The zero-order valence-electron chi connectivity index (χ0n) is 10.9. The van der Waals surface area contributed by atoms with Crippen molar-refractivity contribution < 1.29 is 24.2 Å². The molecule has 108 valence electrons. The fraction of sp³-hybridized carbons (Fsp3) is 0.429. The average molecular weight is 390 g/mol. The molecule has 6 heteroatoms. The highest BCUT2D eigenvalue weighted by atomic mass is 127. The van der Waals surface area contributed by atoms with Gasteiger partial charge in [-0.2, -0.15) is 0 Å². The lowest BCUT2D eigenvalue weighted by molar-refractivity contribution is -0.164. The molecular formula is C14H15IO5. The van der Waals surface area contributed by atoms with Crippen LogP contribution in [0.5, 0.6) is 0 Å². The summed E-state index contributed by atoms with van der Waals surface area (Å²) in [4.78, 5) is 24.2. The van der Waals surface area contributed by atoms with Crippen molar-refractivity contribution >= 4 is 34.5 Å². The van der Waals surface area contributed by atoms with E-state index in [4.69, 9.17) is 9.47 Å². The minimum atomic E-state index is -1.98. The Morgan fingerprint density at radius 3 is 2.65 bits per heavy atom. The number of carbonyl (C=O) groups excluding carboxylic acids is 2. The fourth-order valence-corrected chi connectivity index (χ4v) is 3.04. The molecule has 0 aromatic heterocycles. The van der Waals surface area contributed by atoms with E-state index in [9.17, 15) is 14.7 Å². The lowest BCUT2D eigenvalue weighted by Crippen LogP contribution is -2.44. The minimum Gasteiger partial charge on any atom is -0.466 e. The number of hydrogen-bond donors (Lipinski definition) is 1. The van der Waals surface area contributed by atoms with E-state index in [1.54, 1.807) is 37.3 Å². The van der Waals surface area contributed by atoms with E-state index in [0.29, 0.717) is 9.99 Å². The number of halogens is 1. The fourth-order valence-electron chi connectivity index (χ4n) is 2.36. The van der Waals surface area contributed by atoms with E-state index in [-0.39, 0.29) is 6.61 Å². The summed E-state index contributed by atoms with van der Waals surface area (Å²) in [6, 6.07) is 8.36. The van der Waals surface area contributed by atoms with Gasteiger partial charge in [0.15, 0.2) is 0 Å². The molecule has 5 nitrogen and oxygen atoms in total. The standard InChI is InChI=1S/C14H15IO5/c1-2-19-12(16)11-10(8-15)20-13(17)14(11,18)9-6-4-3-5-7-9/h3-7,10-11,18H,2,8H2,1H3/t10-,11+,14+/m0/s1. The minimum absolute atomic E-state index is 0.183. The van der Waals surface area contributed by atoms with Crippen molar-refractivity contribution in [2.45, 2.75) is 18.6 Å². The normalized spacial score (nSPS) is 29.1. The Morgan fingerprint density at radius 1 is 1.45 bits per heavy atom. The predicted molar refractivity (Wildman–Crippen MR) is 79.2 cm³/mol. The Morgan fingerprint density at radius 2 is 2.10 bits per heavy atom. The number of ether oxygens (including phenoxy) is 2. The van der Waals surface area contributed by atoms with E-state index in [1.165, 1.54) is 0 Å². The number of aliphatic hydroxyl groups is 1. The van der Waals surface area contributed by atoms with Crippen molar-refractivity contribution in [1.29, 1.82) is 0 Å². The van der Waals surface area contributed by atoms with Gasteiger partial charge in [0.1, 0.15) is 12.0 Å². The van der Waals surface area contributed by atoms with Crippen LogP contribution in [0.4, 0.5) is 0 Å². The van der Waals surface area contributed by atoms with Crippen LogP contribution >= 0.6 is 22.6 Å². The van der Waals surface area contributed by atoms with Crippen molar-refractivity contribution in [3.63, 3.8) is 0 Å². The van der Waals surface area contributed by atoms with E-state index in [1.807, 2.05) is 22.6 Å². The lowest BCUT2D eigenvalue weighted by atomic mass is 9.81. The molecule has 0 spiro atoms. The molecule has 1 aromatic carbocycles. The topological polar surface area (TPSA) is 72.8 Å².